The molecule has 0 spiro atoms. The van der Waals surface area contributed by atoms with Crippen LogP contribution in [0.5, 0.6) is 17.2 Å². The number of pyridine rings is 8. The van der Waals surface area contributed by atoms with Crippen molar-refractivity contribution in [2.75, 3.05) is 13.2 Å². The maximum atomic E-state index is 7.01. The highest BCUT2D eigenvalue weighted by atomic mass is 16.5. The van der Waals surface area contributed by atoms with Crippen molar-refractivity contribution >= 4 is 0 Å². The number of benzene rings is 3. The van der Waals surface area contributed by atoms with Gasteiger partial charge in [0.15, 0.2) is 0 Å². The molecule has 11 rings (SSSR count). The molecule has 0 saturated carbocycles. The lowest BCUT2D eigenvalue weighted by Crippen LogP contribution is -2.25. The predicted molar refractivity (Wildman–Crippen MR) is 367 cm³/mol. The van der Waals surface area contributed by atoms with Crippen LogP contribution in [0.3, 0.4) is 0 Å². The molecule has 0 aliphatic rings. The van der Waals surface area contributed by atoms with E-state index in [9.17, 15) is 0 Å². The number of unbranched alkanes of at least 4 members (excludes halogenated alkanes) is 3. The summed E-state index contributed by atoms with van der Waals surface area (Å²) >= 11 is 0. The van der Waals surface area contributed by atoms with Crippen molar-refractivity contribution in [1.29, 1.82) is 0 Å². The van der Waals surface area contributed by atoms with Gasteiger partial charge in [-0.25, -0.2) is 0 Å². The first kappa shape index (κ1) is 65.5. The lowest BCUT2D eigenvalue weighted by Gasteiger charge is -2.25. The van der Waals surface area contributed by atoms with Crippen LogP contribution in [0.1, 0.15) is 105 Å². The van der Waals surface area contributed by atoms with Crippen LogP contribution in [-0.2, 0) is 91.8 Å². The molecular formula is C78H83N13O3. The minimum absolute atomic E-state index is 0.283. The number of rotatable bonds is 37. The second-order valence-electron chi connectivity index (χ2n) is 23.7. The number of ether oxygens (including phenoxy) is 3. The minimum atomic E-state index is 0.283. The van der Waals surface area contributed by atoms with Crippen LogP contribution in [0.2, 0.25) is 0 Å². The summed E-state index contributed by atoms with van der Waals surface area (Å²) in [6, 6.07) is 68.3. The summed E-state index contributed by atoms with van der Waals surface area (Å²) in [5.74, 6) is 2.28. The quantitative estimate of drug-likeness (QED) is 0.0365. The summed E-state index contributed by atoms with van der Waals surface area (Å²) in [7, 11) is 0. The van der Waals surface area contributed by atoms with Crippen LogP contribution < -0.4 is 19.9 Å². The Balaban J connectivity index is 0.902. The topological polar surface area (TPSA) is 170 Å². The molecule has 0 amide bonds. The molecule has 8 heterocycles. The largest absolute Gasteiger partial charge is 0.494 e. The van der Waals surface area contributed by atoms with Gasteiger partial charge in [-0.3, -0.25) is 59.5 Å². The maximum absolute atomic E-state index is 7.01. The Labute approximate surface area is 553 Å². The van der Waals surface area contributed by atoms with Crippen molar-refractivity contribution in [3.8, 4) is 17.2 Å². The van der Waals surface area contributed by atoms with Crippen molar-refractivity contribution in [3.05, 3.63) is 329 Å². The van der Waals surface area contributed by atoms with Crippen molar-refractivity contribution < 1.29 is 14.2 Å². The summed E-state index contributed by atoms with van der Waals surface area (Å²) < 4.78 is 20.6. The Bertz CT molecular complexity index is 3320. The molecule has 16 heteroatoms. The standard InChI is InChI=1S/C78H83N13O3/c79-29-11-1-2-20-38-92-76-46-66(60-93-77-42-62(48-88(52-68-21-3-12-30-80-68)53-69-22-4-13-31-81-69)39-63(43-77)49-89(54-70-23-5-14-32-82-70)55-71-24-6-15-33-83-71)41-67(47-76)61-94-78-44-64(50-90(56-72-25-7-16-34-84-72)57-73-26-8-17-35-85-73)40-65(45-78)51-91(58-74-27-9-18-36-86-74)59-75-28-10-19-37-87-75/h3-10,12-19,21-28,30-37,39-47H,1-2,11,20,29,38,48-61,79H2. The lowest BCUT2D eigenvalue weighted by molar-refractivity contribution is 0.236. The second kappa shape index (κ2) is 35.8. The molecule has 478 valence electrons. The molecule has 8 aromatic heterocycles. The molecule has 0 saturated heterocycles. The molecule has 0 bridgehead atoms. The van der Waals surface area contributed by atoms with Gasteiger partial charge in [0.1, 0.15) is 30.5 Å². The number of hydrogen-bond acceptors (Lipinski definition) is 16. The molecule has 0 atom stereocenters. The molecule has 16 nitrogen and oxygen atoms in total. The molecule has 0 radical (unpaired) electrons. The average Bonchev–Trinajstić information content (AvgIpc) is 2.63. The van der Waals surface area contributed by atoms with Crippen LogP contribution in [0, 0.1) is 0 Å². The number of hydrogen-bond donors (Lipinski definition) is 1. The van der Waals surface area contributed by atoms with Crippen molar-refractivity contribution in [2.45, 2.75) is 117 Å². The molecule has 0 aliphatic heterocycles. The van der Waals surface area contributed by atoms with E-state index in [1.54, 1.807) is 0 Å². The van der Waals surface area contributed by atoms with Crippen molar-refractivity contribution in [3.63, 3.8) is 0 Å². The highest BCUT2D eigenvalue weighted by molar-refractivity contribution is 5.39. The summed E-state index contributed by atoms with van der Waals surface area (Å²) in [5, 5.41) is 0. The van der Waals surface area contributed by atoms with Gasteiger partial charge >= 0.3 is 0 Å². The fourth-order valence-corrected chi connectivity index (χ4v) is 11.6. The normalized spacial score (nSPS) is 11.4. The molecule has 0 unspecified atom stereocenters. The van der Waals surface area contributed by atoms with Crippen LogP contribution in [0.4, 0.5) is 0 Å². The van der Waals surface area contributed by atoms with Crippen LogP contribution in [0.25, 0.3) is 0 Å². The molecule has 2 N–H and O–H groups in total. The Hall–Kier alpha value is -9.94. The highest BCUT2D eigenvalue weighted by Crippen LogP contribution is 2.29. The fourth-order valence-electron chi connectivity index (χ4n) is 11.6. The van der Waals surface area contributed by atoms with E-state index >= 15 is 0 Å². The third kappa shape index (κ3) is 22.1. The summed E-state index contributed by atoms with van der Waals surface area (Å²) in [6.07, 6.45) is 18.8. The fraction of sp³-hybridized carbons (Fsp3) is 0.256. The van der Waals surface area contributed by atoms with Gasteiger partial charge in [0.2, 0.25) is 0 Å². The zero-order valence-corrected chi connectivity index (χ0v) is 53.5. The van der Waals surface area contributed by atoms with E-state index < -0.39 is 0 Å². The number of nitrogens with zero attached hydrogens (tertiary/aromatic N) is 12. The van der Waals surface area contributed by atoms with Crippen LogP contribution in [-0.4, -0.2) is 72.6 Å². The lowest BCUT2D eigenvalue weighted by atomic mass is 10.1. The third-order valence-corrected chi connectivity index (χ3v) is 15.8. The summed E-state index contributed by atoms with van der Waals surface area (Å²) in [6.45, 7) is 9.37. The van der Waals surface area contributed by atoms with E-state index in [1.807, 2.05) is 147 Å². The molecule has 3 aromatic carbocycles. The van der Waals surface area contributed by atoms with E-state index in [1.165, 1.54) is 0 Å². The molecule has 11 aromatic rings. The Morgan fingerprint density at radius 1 is 0.245 bits per heavy atom. The van der Waals surface area contributed by atoms with E-state index in [-0.39, 0.29) is 13.2 Å². The first-order chi connectivity index (χ1) is 46.4. The molecule has 94 heavy (non-hydrogen) atoms. The van der Waals surface area contributed by atoms with E-state index in [0.717, 1.165) is 122 Å². The maximum Gasteiger partial charge on any atom is 0.120 e. The highest BCUT2D eigenvalue weighted by Gasteiger charge is 2.19. The zero-order valence-electron chi connectivity index (χ0n) is 53.5. The van der Waals surface area contributed by atoms with E-state index in [4.69, 9.17) is 59.8 Å². The van der Waals surface area contributed by atoms with Crippen LogP contribution >= 0.6 is 0 Å². The van der Waals surface area contributed by atoms with Gasteiger partial charge in [-0.15, -0.1) is 0 Å². The van der Waals surface area contributed by atoms with E-state index in [2.05, 4.69) is 123 Å². The van der Waals surface area contributed by atoms with Gasteiger partial charge in [0.05, 0.1) is 52.2 Å². The van der Waals surface area contributed by atoms with Gasteiger partial charge in [-0.2, -0.15) is 0 Å². The van der Waals surface area contributed by atoms with Gasteiger partial charge in [-0.1, -0.05) is 73.5 Å². The SMILES string of the molecule is NCCCCCCOc1cc(COc2cc(CN(Cc3ccccn3)Cc3ccccn3)cc(CN(Cc3ccccn3)Cc3ccccn3)c2)cc(COc2cc(CN(Cc3ccccn3)Cc3ccccn3)cc(CN(Cc3ccccn3)Cc3ccccn3)c2)c1. The molecule has 0 aliphatic carbocycles. The van der Waals surface area contributed by atoms with Gasteiger partial charge in [-0.05, 0) is 192 Å². The Kier molecular flexibility index (Phi) is 24.9. The monoisotopic (exact) mass is 1250 g/mol. The van der Waals surface area contributed by atoms with Gasteiger partial charge < -0.3 is 19.9 Å². The van der Waals surface area contributed by atoms with Crippen LogP contribution in [0.15, 0.2) is 250 Å². The van der Waals surface area contributed by atoms with Crippen molar-refractivity contribution in [1.82, 2.24) is 59.5 Å². The van der Waals surface area contributed by atoms with Gasteiger partial charge in [0, 0.05) is 128 Å². The Morgan fingerprint density at radius 3 is 0.723 bits per heavy atom. The zero-order chi connectivity index (χ0) is 64.0. The Morgan fingerprint density at radius 2 is 0.479 bits per heavy atom. The number of aromatic nitrogens is 8. The molecule has 0 fully saturated rings. The molecular weight excluding hydrogens is 1170 g/mol. The first-order valence-electron chi connectivity index (χ1n) is 32.5. The smallest absolute Gasteiger partial charge is 0.120 e. The second-order valence-corrected chi connectivity index (χ2v) is 23.7. The number of nitrogens with two attached hydrogens (primary N) is 1. The van der Waals surface area contributed by atoms with Gasteiger partial charge in [0.25, 0.3) is 0 Å². The first-order valence-corrected chi connectivity index (χ1v) is 32.5. The summed E-state index contributed by atoms with van der Waals surface area (Å²) in [5.41, 5.74) is 20.0. The average molecular weight is 1250 g/mol. The minimum Gasteiger partial charge on any atom is -0.494 e. The van der Waals surface area contributed by atoms with E-state index in [0.29, 0.717) is 91.7 Å². The third-order valence-electron chi connectivity index (χ3n) is 15.8. The summed E-state index contributed by atoms with van der Waals surface area (Å²) in [4.78, 5) is 47.4. The predicted octanol–water partition coefficient (Wildman–Crippen LogP) is 13.7. The van der Waals surface area contributed by atoms with Crippen molar-refractivity contribution in [2.24, 2.45) is 5.73 Å².